The van der Waals surface area contributed by atoms with Gasteiger partial charge in [-0.15, -0.1) is 5.10 Å². The molecule has 0 radical (unpaired) electrons. The summed E-state index contributed by atoms with van der Waals surface area (Å²) >= 11 is 0. The lowest BCUT2D eigenvalue weighted by Gasteiger charge is -2.11. The van der Waals surface area contributed by atoms with Crippen molar-refractivity contribution in [2.75, 3.05) is 10.6 Å². The van der Waals surface area contributed by atoms with Crippen LogP contribution >= 0.6 is 0 Å². The summed E-state index contributed by atoms with van der Waals surface area (Å²) < 4.78 is 18.5. The number of anilines is 3. The molecule has 0 saturated carbocycles. The van der Waals surface area contributed by atoms with Crippen molar-refractivity contribution >= 4 is 17.5 Å². The fraction of sp³-hybridized carbons (Fsp3) is 0.211. The van der Waals surface area contributed by atoms with Gasteiger partial charge in [0, 0.05) is 12.2 Å². The Labute approximate surface area is 151 Å². The van der Waals surface area contributed by atoms with Gasteiger partial charge in [0.15, 0.2) is 5.82 Å². The maximum atomic E-state index is 12.9. The molecule has 26 heavy (non-hydrogen) atoms. The number of ether oxygens (including phenoxy) is 1. The predicted octanol–water partition coefficient (Wildman–Crippen LogP) is 4.15. The molecule has 0 atom stereocenters. The first-order valence-electron chi connectivity index (χ1n) is 8.30. The quantitative estimate of drug-likeness (QED) is 0.665. The first-order chi connectivity index (χ1) is 12.6. The molecule has 0 aliphatic heterocycles. The van der Waals surface area contributed by atoms with Crippen LogP contribution in [0.1, 0.15) is 19.4 Å². The second-order valence-corrected chi connectivity index (χ2v) is 5.96. The van der Waals surface area contributed by atoms with Crippen molar-refractivity contribution in [2.24, 2.45) is 0 Å². The Balaban J connectivity index is 1.60. The molecule has 0 unspecified atom stereocenters. The van der Waals surface area contributed by atoms with Gasteiger partial charge in [0.05, 0.1) is 12.3 Å². The highest BCUT2D eigenvalue weighted by Gasteiger charge is 2.03. The van der Waals surface area contributed by atoms with Crippen molar-refractivity contribution < 1.29 is 9.13 Å². The van der Waals surface area contributed by atoms with Crippen molar-refractivity contribution in [3.05, 3.63) is 66.1 Å². The molecule has 3 aromatic rings. The van der Waals surface area contributed by atoms with Crippen LogP contribution in [0.4, 0.5) is 21.8 Å². The number of benzene rings is 2. The van der Waals surface area contributed by atoms with E-state index in [-0.39, 0.29) is 11.9 Å². The van der Waals surface area contributed by atoms with Gasteiger partial charge < -0.3 is 15.4 Å². The molecule has 7 heteroatoms. The van der Waals surface area contributed by atoms with E-state index >= 15 is 0 Å². The Morgan fingerprint density at radius 3 is 2.46 bits per heavy atom. The van der Waals surface area contributed by atoms with E-state index in [1.54, 1.807) is 18.3 Å². The zero-order chi connectivity index (χ0) is 18.4. The molecule has 0 bridgehead atoms. The molecule has 0 fully saturated rings. The number of aromatic nitrogens is 3. The maximum Gasteiger partial charge on any atom is 0.244 e. The van der Waals surface area contributed by atoms with Crippen molar-refractivity contribution in [1.82, 2.24) is 15.2 Å². The van der Waals surface area contributed by atoms with E-state index in [9.17, 15) is 4.39 Å². The molecule has 0 spiro atoms. The van der Waals surface area contributed by atoms with E-state index < -0.39 is 0 Å². The van der Waals surface area contributed by atoms with Crippen LogP contribution in [-0.4, -0.2) is 21.3 Å². The van der Waals surface area contributed by atoms with E-state index in [0.29, 0.717) is 18.3 Å². The van der Waals surface area contributed by atoms with Crippen LogP contribution in [0.2, 0.25) is 0 Å². The SMILES string of the molecule is CC(C)Oc1ccc(Nc2cnnc(NCc3ccc(F)cc3)n2)cc1. The number of hydrogen-bond donors (Lipinski definition) is 2. The summed E-state index contributed by atoms with van der Waals surface area (Å²) in [5, 5.41) is 14.1. The molecule has 0 aliphatic carbocycles. The highest BCUT2D eigenvalue weighted by molar-refractivity contribution is 5.57. The minimum Gasteiger partial charge on any atom is -0.491 e. The Morgan fingerprint density at radius 1 is 1.04 bits per heavy atom. The largest absolute Gasteiger partial charge is 0.491 e. The normalized spacial score (nSPS) is 10.6. The maximum absolute atomic E-state index is 12.9. The van der Waals surface area contributed by atoms with Crippen LogP contribution < -0.4 is 15.4 Å². The lowest BCUT2D eigenvalue weighted by molar-refractivity contribution is 0.242. The van der Waals surface area contributed by atoms with Crippen LogP contribution in [-0.2, 0) is 6.54 Å². The average Bonchev–Trinajstić information content (AvgIpc) is 2.63. The summed E-state index contributed by atoms with van der Waals surface area (Å²) in [6.07, 6.45) is 1.68. The molecular formula is C19H20FN5O. The Hall–Kier alpha value is -3.22. The van der Waals surface area contributed by atoms with Gasteiger partial charge in [-0.05, 0) is 55.8 Å². The Bertz CT molecular complexity index is 837. The zero-order valence-electron chi connectivity index (χ0n) is 14.6. The molecule has 134 valence electrons. The molecule has 6 nitrogen and oxygen atoms in total. The molecule has 1 heterocycles. The van der Waals surface area contributed by atoms with E-state index in [2.05, 4.69) is 25.8 Å². The molecule has 0 amide bonds. The van der Waals surface area contributed by atoms with Crippen molar-refractivity contribution in [1.29, 1.82) is 0 Å². The van der Waals surface area contributed by atoms with E-state index in [4.69, 9.17) is 4.74 Å². The van der Waals surface area contributed by atoms with Crippen LogP contribution in [0, 0.1) is 5.82 Å². The fourth-order valence-corrected chi connectivity index (χ4v) is 2.26. The number of hydrogen-bond acceptors (Lipinski definition) is 6. The first kappa shape index (κ1) is 17.6. The lowest BCUT2D eigenvalue weighted by atomic mass is 10.2. The second kappa shape index (κ2) is 8.24. The predicted molar refractivity (Wildman–Crippen MR) is 99.0 cm³/mol. The molecule has 2 N–H and O–H groups in total. The minimum atomic E-state index is -0.261. The van der Waals surface area contributed by atoms with Crippen molar-refractivity contribution in [3.8, 4) is 5.75 Å². The van der Waals surface area contributed by atoms with Gasteiger partial charge in [-0.1, -0.05) is 12.1 Å². The number of nitrogens with one attached hydrogen (secondary N) is 2. The van der Waals surface area contributed by atoms with Crippen LogP contribution in [0.3, 0.4) is 0 Å². The highest BCUT2D eigenvalue weighted by atomic mass is 19.1. The first-order valence-corrected chi connectivity index (χ1v) is 8.30. The van der Waals surface area contributed by atoms with Crippen LogP contribution in [0.5, 0.6) is 5.75 Å². The smallest absolute Gasteiger partial charge is 0.244 e. The number of nitrogens with zero attached hydrogens (tertiary/aromatic N) is 3. The fourth-order valence-electron chi connectivity index (χ4n) is 2.26. The van der Waals surface area contributed by atoms with Gasteiger partial charge in [0.1, 0.15) is 11.6 Å². The third-order valence-corrected chi connectivity index (χ3v) is 3.42. The van der Waals surface area contributed by atoms with Crippen LogP contribution in [0.25, 0.3) is 0 Å². The molecule has 2 aromatic carbocycles. The lowest BCUT2D eigenvalue weighted by Crippen LogP contribution is -2.07. The summed E-state index contributed by atoms with van der Waals surface area (Å²) in [6, 6.07) is 13.9. The monoisotopic (exact) mass is 353 g/mol. The molecule has 1 aromatic heterocycles. The van der Waals surface area contributed by atoms with E-state index in [1.165, 1.54) is 12.1 Å². The highest BCUT2D eigenvalue weighted by Crippen LogP contribution is 2.19. The second-order valence-electron chi connectivity index (χ2n) is 5.96. The average molecular weight is 353 g/mol. The topological polar surface area (TPSA) is 72.0 Å². The standard InChI is InChI=1S/C19H20FN5O/c1-13(2)26-17-9-7-16(8-10-17)23-18-12-22-25-19(24-18)21-11-14-3-5-15(20)6-4-14/h3-10,12-13H,11H2,1-2H3,(H2,21,23,24,25). The summed E-state index contributed by atoms with van der Waals surface area (Å²) in [5.74, 6) is 1.51. The Morgan fingerprint density at radius 2 is 1.77 bits per heavy atom. The van der Waals surface area contributed by atoms with E-state index in [1.807, 2.05) is 38.1 Å². The summed E-state index contributed by atoms with van der Waals surface area (Å²) in [4.78, 5) is 4.37. The number of halogens is 1. The molecule has 0 saturated heterocycles. The third-order valence-electron chi connectivity index (χ3n) is 3.42. The summed E-state index contributed by atoms with van der Waals surface area (Å²) in [5.41, 5.74) is 1.79. The number of rotatable bonds is 7. The minimum absolute atomic E-state index is 0.134. The van der Waals surface area contributed by atoms with E-state index in [0.717, 1.165) is 17.0 Å². The van der Waals surface area contributed by atoms with Crippen molar-refractivity contribution in [3.63, 3.8) is 0 Å². The summed E-state index contributed by atoms with van der Waals surface area (Å²) in [6.45, 7) is 4.45. The summed E-state index contributed by atoms with van der Waals surface area (Å²) in [7, 11) is 0. The van der Waals surface area contributed by atoms with Gasteiger partial charge in [0.25, 0.3) is 0 Å². The van der Waals surface area contributed by atoms with Gasteiger partial charge >= 0.3 is 0 Å². The van der Waals surface area contributed by atoms with Gasteiger partial charge in [-0.3, -0.25) is 0 Å². The molecular weight excluding hydrogens is 333 g/mol. The van der Waals surface area contributed by atoms with Crippen LogP contribution in [0.15, 0.2) is 54.7 Å². The van der Waals surface area contributed by atoms with Gasteiger partial charge in [0.2, 0.25) is 5.95 Å². The van der Waals surface area contributed by atoms with Gasteiger partial charge in [-0.25, -0.2) is 4.39 Å². The Kier molecular flexibility index (Phi) is 5.58. The third kappa shape index (κ3) is 5.14. The molecule has 3 rings (SSSR count). The molecule has 0 aliphatic rings. The zero-order valence-corrected chi connectivity index (χ0v) is 14.6. The van der Waals surface area contributed by atoms with Gasteiger partial charge in [-0.2, -0.15) is 10.1 Å². The van der Waals surface area contributed by atoms with Crippen molar-refractivity contribution in [2.45, 2.75) is 26.5 Å².